The molecule has 1 fully saturated rings. The van der Waals surface area contributed by atoms with Gasteiger partial charge < -0.3 is 19.4 Å². The summed E-state index contributed by atoms with van der Waals surface area (Å²) in [5.74, 6) is 0.160. The molecule has 1 N–H and O–H groups in total. The molecule has 9 heteroatoms. The van der Waals surface area contributed by atoms with Crippen LogP contribution in [0.1, 0.15) is 12.2 Å². The Hall–Kier alpha value is -2.31. The standard InChI is InChI=1S/C16H21N3O5S/c1-23-7-5-19(14-4-8-25(21,22)12-14)11-13(9-17)16(20)18-10-15-3-2-6-24-15/h2-3,6,11,14H,4-5,7-8,10,12H2,1H3,(H,18,20)/b13-11-. The van der Waals surface area contributed by atoms with Crippen molar-refractivity contribution in [3.8, 4) is 6.07 Å². The molecule has 0 spiro atoms. The predicted molar refractivity (Wildman–Crippen MR) is 89.9 cm³/mol. The quantitative estimate of drug-likeness (QED) is 0.524. The number of furan rings is 1. The number of nitriles is 1. The van der Waals surface area contributed by atoms with Gasteiger partial charge in [-0.1, -0.05) is 0 Å². The lowest BCUT2D eigenvalue weighted by Gasteiger charge is -2.26. The van der Waals surface area contributed by atoms with E-state index < -0.39 is 15.7 Å². The van der Waals surface area contributed by atoms with E-state index in [1.807, 2.05) is 6.07 Å². The molecule has 0 bridgehead atoms. The molecule has 1 aliphatic rings. The maximum absolute atomic E-state index is 12.2. The number of methoxy groups -OCH3 is 1. The number of hydrogen-bond acceptors (Lipinski definition) is 7. The van der Waals surface area contributed by atoms with Crippen LogP contribution in [-0.4, -0.2) is 57.0 Å². The summed E-state index contributed by atoms with van der Waals surface area (Å²) < 4.78 is 33.6. The Labute approximate surface area is 147 Å². The highest BCUT2D eigenvalue weighted by atomic mass is 32.2. The molecule has 0 radical (unpaired) electrons. The first-order valence-electron chi connectivity index (χ1n) is 7.83. The van der Waals surface area contributed by atoms with E-state index in [1.165, 1.54) is 19.6 Å². The molecule has 2 heterocycles. The third kappa shape index (κ3) is 5.62. The van der Waals surface area contributed by atoms with Crippen LogP contribution < -0.4 is 5.32 Å². The second kappa shape index (κ2) is 8.69. The molecular weight excluding hydrogens is 346 g/mol. The molecule has 8 nitrogen and oxygen atoms in total. The van der Waals surface area contributed by atoms with Gasteiger partial charge >= 0.3 is 0 Å². The van der Waals surface area contributed by atoms with Crippen LogP contribution in [0.15, 0.2) is 34.6 Å². The molecule has 25 heavy (non-hydrogen) atoms. The number of sulfone groups is 1. The lowest BCUT2D eigenvalue weighted by atomic mass is 10.2. The average Bonchev–Trinajstić information content (AvgIpc) is 3.22. The number of ether oxygens (including phenoxy) is 1. The Morgan fingerprint density at radius 3 is 2.96 bits per heavy atom. The summed E-state index contributed by atoms with van der Waals surface area (Å²) in [5, 5.41) is 11.9. The van der Waals surface area contributed by atoms with Crippen molar-refractivity contribution >= 4 is 15.7 Å². The number of carbonyl (C=O) groups is 1. The van der Waals surface area contributed by atoms with E-state index in [-0.39, 0.29) is 29.7 Å². The molecule has 1 unspecified atom stereocenters. The van der Waals surface area contributed by atoms with E-state index in [4.69, 9.17) is 9.15 Å². The van der Waals surface area contributed by atoms with Gasteiger partial charge in [0, 0.05) is 25.9 Å². The summed E-state index contributed by atoms with van der Waals surface area (Å²) in [6, 6.07) is 5.02. The summed E-state index contributed by atoms with van der Waals surface area (Å²) in [5.41, 5.74) is -0.0908. The molecular formula is C16H21N3O5S. The van der Waals surface area contributed by atoms with Crippen molar-refractivity contribution in [3.63, 3.8) is 0 Å². The fraction of sp³-hybridized carbons (Fsp3) is 0.500. The summed E-state index contributed by atoms with van der Waals surface area (Å²) in [6.45, 7) is 0.924. The minimum absolute atomic E-state index is 0.0138. The van der Waals surface area contributed by atoms with E-state index >= 15 is 0 Å². The van der Waals surface area contributed by atoms with Crippen molar-refractivity contribution in [1.82, 2.24) is 10.2 Å². The third-order valence-electron chi connectivity index (χ3n) is 3.89. The molecule has 0 aromatic carbocycles. The molecule has 0 aliphatic carbocycles. The van der Waals surface area contributed by atoms with Crippen molar-refractivity contribution in [2.24, 2.45) is 0 Å². The van der Waals surface area contributed by atoms with Crippen LogP contribution in [0.25, 0.3) is 0 Å². The Morgan fingerprint density at radius 1 is 1.60 bits per heavy atom. The Kier molecular flexibility index (Phi) is 6.61. The second-order valence-electron chi connectivity index (χ2n) is 5.70. The van der Waals surface area contributed by atoms with Gasteiger partial charge in [0.15, 0.2) is 9.84 Å². The van der Waals surface area contributed by atoms with Gasteiger partial charge in [-0.15, -0.1) is 0 Å². The van der Waals surface area contributed by atoms with Gasteiger partial charge in [0.2, 0.25) is 0 Å². The topological polar surface area (TPSA) is 113 Å². The monoisotopic (exact) mass is 367 g/mol. The number of nitrogens with one attached hydrogen (secondary N) is 1. The lowest BCUT2D eigenvalue weighted by molar-refractivity contribution is -0.117. The van der Waals surface area contributed by atoms with Crippen LogP contribution in [0.5, 0.6) is 0 Å². The maximum atomic E-state index is 12.2. The fourth-order valence-corrected chi connectivity index (χ4v) is 4.31. The average molecular weight is 367 g/mol. The second-order valence-corrected chi connectivity index (χ2v) is 7.93. The van der Waals surface area contributed by atoms with Gasteiger partial charge in [0.05, 0.1) is 30.9 Å². The van der Waals surface area contributed by atoms with Gasteiger partial charge in [-0.3, -0.25) is 4.79 Å². The van der Waals surface area contributed by atoms with Crippen LogP contribution in [0.3, 0.4) is 0 Å². The highest BCUT2D eigenvalue weighted by Gasteiger charge is 2.31. The largest absolute Gasteiger partial charge is 0.467 e. The van der Waals surface area contributed by atoms with Crippen LogP contribution in [0.4, 0.5) is 0 Å². The Morgan fingerprint density at radius 2 is 2.40 bits per heavy atom. The smallest absolute Gasteiger partial charge is 0.263 e. The predicted octanol–water partition coefficient (Wildman–Crippen LogP) is 0.439. The molecule has 2 rings (SSSR count). The first kappa shape index (κ1) is 19.0. The molecule has 1 aromatic rings. The van der Waals surface area contributed by atoms with Crippen molar-refractivity contribution in [2.45, 2.75) is 19.0 Å². The van der Waals surface area contributed by atoms with Crippen LogP contribution >= 0.6 is 0 Å². The van der Waals surface area contributed by atoms with E-state index in [0.29, 0.717) is 25.3 Å². The molecule has 136 valence electrons. The number of amides is 1. The van der Waals surface area contributed by atoms with E-state index in [0.717, 1.165) is 0 Å². The molecule has 1 aliphatic heterocycles. The number of rotatable bonds is 8. The number of hydrogen-bond donors (Lipinski definition) is 1. The van der Waals surface area contributed by atoms with Crippen molar-refractivity contribution in [1.29, 1.82) is 5.26 Å². The minimum atomic E-state index is -3.08. The van der Waals surface area contributed by atoms with Gasteiger partial charge in [0.25, 0.3) is 5.91 Å². The zero-order chi connectivity index (χ0) is 18.3. The van der Waals surface area contributed by atoms with Crippen LogP contribution in [0, 0.1) is 11.3 Å². The first-order chi connectivity index (χ1) is 11.9. The first-order valence-corrected chi connectivity index (χ1v) is 9.65. The molecule has 1 saturated heterocycles. The normalized spacial score (nSPS) is 19.4. The van der Waals surface area contributed by atoms with Gasteiger partial charge in [-0.05, 0) is 18.6 Å². The van der Waals surface area contributed by atoms with E-state index in [2.05, 4.69) is 5.32 Å². The summed E-state index contributed by atoms with van der Waals surface area (Å²) in [4.78, 5) is 13.9. The van der Waals surface area contributed by atoms with Gasteiger partial charge in [0.1, 0.15) is 17.4 Å². The SMILES string of the molecule is COCCN(/C=C(/C#N)C(=O)NCc1ccco1)C1CCS(=O)(=O)C1. The minimum Gasteiger partial charge on any atom is -0.467 e. The Balaban J connectivity index is 2.08. The summed E-state index contributed by atoms with van der Waals surface area (Å²) in [7, 11) is -1.54. The zero-order valence-corrected chi connectivity index (χ0v) is 14.8. The van der Waals surface area contributed by atoms with Gasteiger partial charge in [-0.2, -0.15) is 5.26 Å². The highest BCUT2D eigenvalue weighted by Crippen LogP contribution is 2.19. The van der Waals surface area contributed by atoms with Crippen LogP contribution in [0.2, 0.25) is 0 Å². The summed E-state index contributed by atoms with van der Waals surface area (Å²) >= 11 is 0. The lowest BCUT2D eigenvalue weighted by Crippen LogP contribution is -2.36. The Bertz CT molecular complexity index is 749. The van der Waals surface area contributed by atoms with Crippen molar-refractivity contribution < 1.29 is 22.4 Å². The number of nitrogens with zero attached hydrogens (tertiary/aromatic N) is 2. The number of carbonyl (C=O) groups excluding carboxylic acids is 1. The molecule has 0 saturated carbocycles. The van der Waals surface area contributed by atoms with Crippen molar-refractivity contribution in [3.05, 3.63) is 35.9 Å². The maximum Gasteiger partial charge on any atom is 0.263 e. The zero-order valence-electron chi connectivity index (χ0n) is 14.0. The fourth-order valence-electron chi connectivity index (χ4n) is 2.57. The molecule has 1 atom stereocenters. The molecule has 1 aromatic heterocycles. The molecule has 1 amide bonds. The highest BCUT2D eigenvalue weighted by molar-refractivity contribution is 7.91. The van der Waals surface area contributed by atoms with E-state index in [9.17, 15) is 18.5 Å². The van der Waals surface area contributed by atoms with Crippen LogP contribution in [-0.2, 0) is 25.9 Å². The van der Waals surface area contributed by atoms with Gasteiger partial charge in [-0.25, -0.2) is 8.42 Å². The summed E-state index contributed by atoms with van der Waals surface area (Å²) in [6.07, 6.45) is 3.38. The van der Waals surface area contributed by atoms with E-state index in [1.54, 1.807) is 17.0 Å². The third-order valence-corrected chi connectivity index (χ3v) is 5.64. The van der Waals surface area contributed by atoms with Crippen molar-refractivity contribution in [2.75, 3.05) is 31.8 Å².